The third kappa shape index (κ3) is 4.09. The molecule has 154 valence electrons. The molecule has 0 aromatic heterocycles. The maximum Gasteiger partial charge on any atom is 0.359 e. The Bertz CT molecular complexity index is 908. The zero-order valence-corrected chi connectivity index (χ0v) is 17.4. The van der Waals surface area contributed by atoms with Crippen molar-refractivity contribution in [1.82, 2.24) is 0 Å². The number of cyclic esters (lactones) is 1. The number of esters is 1. The first kappa shape index (κ1) is 20.8. The molecule has 0 radical (unpaired) electrons. The van der Waals surface area contributed by atoms with Crippen molar-refractivity contribution in [3.8, 4) is 0 Å². The highest BCUT2D eigenvalue weighted by molar-refractivity contribution is 5.94. The van der Waals surface area contributed by atoms with E-state index in [0.29, 0.717) is 12.2 Å². The summed E-state index contributed by atoms with van der Waals surface area (Å²) in [6, 6.07) is 15.3. The number of rotatable bonds is 7. The maximum absolute atomic E-state index is 13.1. The van der Waals surface area contributed by atoms with Crippen molar-refractivity contribution in [1.29, 1.82) is 0 Å². The summed E-state index contributed by atoms with van der Waals surface area (Å²) in [5.41, 5.74) is 8.85. The van der Waals surface area contributed by atoms with Gasteiger partial charge in [-0.3, -0.25) is 0 Å². The highest BCUT2D eigenvalue weighted by Gasteiger charge is 2.43. The molecule has 1 unspecified atom stereocenters. The predicted molar refractivity (Wildman–Crippen MR) is 117 cm³/mol. The highest BCUT2D eigenvalue weighted by Crippen LogP contribution is 2.41. The van der Waals surface area contributed by atoms with Crippen molar-refractivity contribution in [2.45, 2.75) is 52.1 Å². The first-order chi connectivity index (χ1) is 13.9. The van der Waals surface area contributed by atoms with Crippen LogP contribution in [0.3, 0.4) is 0 Å². The van der Waals surface area contributed by atoms with E-state index in [0.717, 1.165) is 36.1 Å². The number of nitrogen functional groups attached to an aromatic ring is 1. The number of anilines is 2. The van der Waals surface area contributed by atoms with Crippen LogP contribution in [0, 0.1) is 0 Å². The van der Waals surface area contributed by atoms with Crippen molar-refractivity contribution in [2.24, 2.45) is 0 Å². The van der Waals surface area contributed by atoms with Gasteiger partial charge in [-0.2, -0.15) is 0 Å². The summed E-state index contributed by atoms with van der Waals surface area (Å²) >= 11 is 0. The van der Waals surface area contributed by atoms with Crippen LogP contribution in [0.5, 0.6) is 0 Å². The summed E-state index contributed by atoms with van der Waals surface area (Å²) in [4.78, 5) is 15.0. The van der Waals surface area contributed by atoms with Crippen LogP contribution in [0.15, 0.2) is 60.0 Å². The SMILES string of the molecule is CCCc1c(N)cccc1C1(C)CC(O)=C(N(CCC)c2ccccc2)C(=O)O1. The summed E-state index contributed by atoms with van der Waals surface area (Å²) < 4.78 is 5.98. The van der Waals surface area contributed by atoms with Crippen LogP contribution in [0.25, 0.3) is 0 Å². The van der Waals surface area contributed by atoms with Gasteiger partial charge in [0.05, 0.1) is 6.42 Å². The van der Waals surface area contributed by atoms with E-state index in [-0.39, 0.29) is 17.9 Å². The number of benzene rings is 2. The molecule has 0 bridgehead atoms. The predicted octanol–water partition coefficient (Wildman–Crippen LogP) is 5.07. The minimum Gasteiger partial charge on any atom is -0.510 e. The lowest BCUT2D eigenvalue weighted by atomic mass is 9.84. The molecule has 3 N–H and O–H groups in total. The fraction of sp³-hybridized carbons (Fsp3) is 0.375. The molecule has 0 saturated heterocycles. The van der Waals surface area contributed by atoms with E-state index in [1.807, 2.05) is 67.3 Å². The van der Waals surface area contributed by atoms with Gasteiger partial charge < -0.3 is 20.5 Å². The van der Waals surface area contributed by atoms with Crippen molar-refractivity contribution < 1.29 is 14.6 Å². The summed E-state index contributed by atoms with van der Waals surface area (Å²) in [6.45, 7) is 6.58. The maximum atomic E-state index is 13.1. The molecular weight excluding hydrogens is 364 g/mol. The van der Waals surface area contributed by atoms with E-state index in [2.05, 4.69) is 6.92 Å². The van der Waals surface area contributed by atoms with E-state index >= 15 is 0 Å². The van der Waals surface area contributed by atoms with Gasteiger partial charge in [-0.25, -0.2) is 4.79 Å². The van der Waals surface area contributed by atoms with E-state index < -0.39 is 11.6 Å². The molecule has 2 aromatic rings. The molecule has 29 heavy (non-hydrogen) atoms. The second-order valence-corrected chi connectivity index (χ2v) is 7.70. The number of nitrogens with two attached hydrogens (primary N) is 1. The average Bonchev–Trinajstić information content (AvgIpc) is 2.69. The van der Waals surface area contributed by atoms with Gasteiger partial charge in [0.1, 0.15) is 11.4 Å². The minimum absolute atomic E-state index is 0.0472. The van der Waals surface area contributed by atoms with Crippen molar-refractivity contribution >= 4 is 17.3 Å². The Hall–Kier alpha value is -2.95. The van der Waals surface area contributed by atoms with Gasteiger partial charge in [0.15, 0.2) is 5.70 Å². The Morgan fingerprint density at radius 1 is 1.10 bits per heavy atom. The summed E-state index contributed by atoms with van der Waals surface area (Å²) in [5, 5.41) is 11.0. The molecule has 0 fully saturated rings. The van der Waals surface area contributed by atoms with E-state index in [1.165, 1.54) is 0 Å². The molecular formula is C24H30N2O3. The zero-order valence-electron chi connectivity index (χ0n) is 17.4. The molecule has 0 aliphatic carbocycles. The molecule has 0 saturated carbocycles. The number of carbonyl (C=O) groups is 1. The lowest BCUT2D eigenvalue weighted by Crippen LogP contribution is -2.41. The third-order valence-corrected chi connectivity index (χ3v) is 5.36. The first-order valence-corrected chi connectivity index (χ1v) is 10.3. The van der Waals surface area contributed by atoms with Crippen LogP contribution in [-0.4, -0.2) is 17.6 Å². The topological polar surface area (TPSA) is 75.8 Å². The van der Waals surface area contributed by atoms with E-state index in [1.54, 1.807) is 0 Å². The highest BCUT2D eigenvalue weighted by atomic mass is 16.6. The van der Waals surface area contributed by atoms with Crippen LogP contribution >= 0.6 is 0 Å². The lowest BCUT2D eigenvalue weighted by molar-refractivity contribution is -0.158. The third-order valence-electron chi connectivity index (χ3n) is 5.36. The zero-order chi connectivity index (χ0) is 21.0. The van der Waals surface area contributed by atoms with Crippen LogP contribution in [0.2, 0.25) is 0 Å². The number of hydrogen-bond acceptors (Lipinski definition) is 5. The number of nitrogens with zero attached hydrogens (tertiary/aromatic N) is 1. The van der Waals surface area contributed by atoms with Crippen molar-refractivity contribution in [2.75, 3.05) is 17.2 Å². The largest absolute Gasteiger partial charge is 0.510 e. The normalized spacial score (nSPS) is 19.2. The van der Waals surface area contributed by atoms with Gasteiger partial charge in [-0.1, -0.05) is 50.6 Å². The van der Waals surface area contributed by atoms with Gasteiger partial charge in [0.25, 0.3) is 0 Å². The Kier molecular flexibility index (Phi) is 6.16. The Balaban J connectivity index is 2.03. The molecule has 3 rings (SSSR count). The first-order valence-electron chi connectivity index (χ1n) is 10.3. The fourth-order valence-electron chi connectivity index (χ4n) is 4.06. The minimum atomic E-state index is -0.959. The smallest absolute Gasteiger partial charge is 0.359 e. The molecule has 5 nitrogen and oxygen atoms in total. The molecule has 0 spiro atoms. The Labute approximate surface area is 172 Å². The van der Waals surface area contributed by atoms with E-state index in [4.69, 9.17) is 10.5 Å². The molecule has 0 amide bonds. The number of aliphatic hydroxyl groups excluding tert-OH is 1. The molecule has 5 heteroatoms. The van der Waals surface area contributed by atoms with Crippen LogP contribution in [-0.2, 0) is 21.6 Å². The van der Waals surface area contributed by atoms with Gasteiger partial charge in [0.2, 0.25) is 0 Å². The second-order valence-electron chi connectivity index (χ2n) is 7.70. The molecule has 1 aliphatic heterocycles. The van der Waals surface area contributed by atoms with Crippen molar-refractivity contribution in [3.05, 3.63) is 71.1 Å². The monoisotopic (exact) mass is 394 g/mol. The molecule has 1 heterocycles. The summed E-state index contributed by atoms with van der Waals surface area (Å²) in [7, 11) is 0. The number of para-hydroxylation sites is 1. The average molecular weight is 395 g/mol. The number of carbonyl (C=O) groups excluding carboxylic acids is 1. The van der Waals surface area contributed by atoms with Crippen LogP contribution < -0.4 is 10.6 Å². The lowest BCUT2D eigenvalue weighted by Gasteiger charge is -2.38. The van der Waals surface area contributed by atoms with Crippen LogP contribution in [0.4, 0.5) is 11.4 Å². The summed E-state index contributed by atoms with van der Waals surface area (Å²) in [6.07, 6.45) is 2.75. The van der Waals surface area contributed by atoms with Crippen LogP contribution in [0.1, 0.15) is 51.2 Å². The second kappa shape index (κ2) is 8.60. The summed E-state index contributed by atoms with van der Waals surface area (Å²) in [5.74, 6) is -0.468. The van der Waals surface area contributed by atoms with E-state index in [9.17, 15) is 9.90 Å². The van der Waals surface area contributed by atoms with Gasteiger partial charge in [-0.05, 0) is 43.5 Å². The number of ether oxygens (including phenoxy) is 1. The molecule has 2 aromatic carbocycles. The standard InChI is InChI=1S/C24H30N2O3/c1-4-10-18-19(13-9-14-20(18)25)24(3)16-21(27)22(23(28)29-24)26(15-5-2)17-11-7-6-8-12-17/h6-9,11-14,27H,4-5,10,15-16,25H2,1-3H3. The van der Waals surface area contributed by atoms with Gasteiger partial charge >= 0.3 is 5.97 Å². The quantitative estimate of drug-likeness (QED) is 0.506. The fourth-order valence-corrected chi connectivity index (χ4v) is 4.06. The Morgan fingerprint density at radius 2 is 1.83 bits per heavy atom. The Morgan fingerprint density at radius 3 is 2.45 bits per heavy atom. The van der Waals surface area contributed by atoms with Gasteiger partial charge in [0, 0.05) is 23.5 Å². The number of hydrogen-bond donors (Lipinski definition) is 2. The molecule has 1 atom stereocenters. The molecule has 1 aliphatic rings. The van der Waals surface area contributed by atoms with Crippen molar-refractivity contribution in [3.63, 3.8) is 0 Å². The number of aliphatic hydroxyl groups is 1. The van der Waals surface area contributed by atoms with Gasteiger partial charge in [-0.15, -0.1) is 0 Å².